The third-order valence-corrected chi connectivity index (χ3v) is 3.15. The molecule has 0 saturated heterocycles. The van der Waals surface area contributed by atoms with Crippen molar-refractivity contribution in [2.24, 2.45) is 0 Å². The number of nitrogens with zero attached hydrogens (tertiary/aromatic N) is 1. The molecule has 1 aromatic carbocycles. The third kappa shape index (κ3) is 4.86. The predicted molar refractivity (Wildman–Crippen MR) is 72.1 cm³/mol. The molecule has 2 N–H and O–H groups in total. The largest absolute Gasteiger partial charge is 0.395 e. The average Bonchev–Trinajstić information content (AvgIpc) is 2.39. The Labute approximate surface area is 104 Å². The Kier molecular flexibility index (Phi) is 6.86. The maximum absolute atomic E-state index is 8.95. The van der Waals surface area contributed by atoms with Crippen molar-refractivity contribution >= 4 is 0 Å². The smallest absolute Gasteiger partial charge is 0.0558 e. The molecule has 3 nitrogen and oxygen atoms in total. The number of hydrogen-bond acceptors (Lipinski definition) is 3. The summed E-state index contributed by atoms with van der Waals surface area (Å²) >= 11 is 0. The Morgan fingerprint density at radius 3 is 2.47 bits per heavy atom. The molecule has 0 aromatic heterocycles. The van der Waals surface area contributed by atoms with Crippen LogP contribution < -0.4 is 5.32 Å². The summed E-state index contributed by atoms with van der Waals surface area (Å²) in [5, 5.41) is 12.3. The van der Waals surface area contributed by atoms with E-state index in [1.54, 1.807) is 0 Å². The first kappa shape index (κ1) is 14.2. The SMILES string of the molecule is CCN(CCO)CCC(NC)c1ccccc1. The van der Waals surface area contributed by atoms with E-state index in [1.807, 2.05) is 13.1 Å². The number of benzene rings is 1. The van der Waals surface area contributed by atoms with Gasteiger partial charge in [-0.25, -0.2) is 0 Å². The highest BCUT2D eigenvalue weighted by atomic mass is 16.3. The summed E-state index contributed by atoms with van der Waals surface area (Å²) in [6.45, 7) is 5.14. The van der Waals surface area contributed by atoms with E-state index in [0.29, 0.717) is 6.04 Å². The maximum atomic E-state index is 8.95. The molecule has 0 spiro atoms. The molecule has 0 fully saturated rings. The molecule has 0 saturated carbocycles. The van der Waals surface area contributed by atoms with Crippen molar-refractivity contribution in [2.45, 2.75) is 19.4 Å². The van der Waals surface area contributed by atoms with Crippen LogP contribution in [-0.2, 0) is 0 Å². The third-order valence-electron chi connectivity index (χ3n) is 3.15. The van der Waals surface area contributed by atoms with E-state index in [-0.39, 0.29) is 6.61 Å². The fraction of sp³-hybridized carbons (Fsp3) is 0.571. The standard InChI is InChI=1S/C14H24N2O/c1-3-16(11-12-17)10-9-14(15-2)13-7-5-4-6-8-13/h4-8,14-15,17H,3,9-12H2,1-2H3. The Morgan fingerprint density at radius 2 is 1.94 bits per heavy atom. The van der Waals surface area contributed by atoms with Crippen LogP contribution in [0.25, 0.3) is 0 Å². The molecule has 1 rings (SSSR count). The quantitative estimate of drug-likeness (QED) is 0.720. The van der Waals surface area contributed by atoms with Gasteiger partial charge in [0.2, 0.25) is 0 Å². The van der Waals surface area contributed by atoms with Crippen molar-refractivity contribution in [1.29, 1.82) is 0 Å². The summed E-state index contributed by atoms with van der Waals surface area (Å²) < 4.78 is 0. The molecule has 0 heterocycles. The highest BCUT2D eigenvalue weighted by molar-refractivity contribution is 5.18. The molecule has 0 amide bonds. The van der Waals surface area contributed by atoms with E-state index < -0.39 is 0 Å². The summed E-state index contributed by atoms with van der Waals surface area (Å²) in [7, 11) is 2.00. The number of nitrogens with one attached hydrogen (secondary N) is 1. The molecule has 0 aliphatic heterocycles. The molecule has 1 aromatic rings. The number of rotatable bonds is 8. The lowest BCUT2D eigenvalue weighted by Gasteiger charge is -2.23. The minimum Gasteiger partial charge on any atom is -0.395 e. The molecule has 1 unspecified atom stereocenters. The van der Waals surface area contributed by atoms with Gasteiger partial charge in [0.15, 0.2) is 0 Å². The second-order valence-electron chi connectivity index (χ2n) is 4.20. The molecule has 0 radical (unpaired) electrons. The monoisotopic (exact) mass is 236 g/mol. The molecule has 0 aliphatic carbocycles. The van der Waals surface area contributed by atoms with Crippen molar-refractivity contribution in [3.8, 4) is 0 Å². The Bertz CT molecular complexity index is 290. The maximum Gasteiger partial charge on any atom is 0.0558 e. The van der Waals surface area contributed by atoms with Crippen molar-refractivity contribution in [1.82, 2.24) is 10.2 Å². The van der Waals surface area contributed by atoms with E-state index in [1.165, 1.54) is 5.56 Å². The lowest BCUT2D eigenvalue weighted by atomic mass is 10.0. The van der Waals surface area contributed by atoms with E-state index >= 15 is 0 Å². The van der Waals surface area contributed by atoms with Gasteiger partial charge in [-0.1, -0.05) is 37.3 Å². The van der Waals surface area contributed by atoms with Crippen LogP contribution in [0.5, 0.6) is 0 Å². The molecule has 17 heavy (non-hydrogen) atoms. The van der Waals surface area contributed by atoms with Crippen LogP contribution in [0.1, 0.15) is 24.9 Å². The van der Waals surface area contributed by atoms with Crippen molar-refractivity contribution < 1.29 is 5.11 Å². The van der Waals surface area contributed by atoms with Crippen LogP contribution in [0.4, 0.5) is 0 Å². The lowest BCUT2D eigenvalue weighted by Crippen LogP contribution is -2.30. The number of likely N-dealkylation sites (N-methyl/N-ethyl adjacent to an activating group) is 1. The van der Waals surface area contributed by atoms with Gasteiger partial charge in [0.25, 0.3) is 0 Å². The first-order valence-corrected chi connectivity index (χ1v) is 6.37. The van der Waals surface area contributed by atoms with Crippen LogP contribution in [0.15, 0.2) is 30.3 Å². The fourth-order valence-electron chi connectivity index (χ4n) is 2.04. The zero-order valence-electron chi connectivity index (χ0n) is 10.9. The van der Waals surface area contributed by atoms with Gasteiger partial charge in [-0.15, -0.1) is 0 Å². The first-order valence-electron chi connectivity index (χ1n) is 6.37. The first-order chi connectivity index (χ1) is 8.31. The predicted octanol–water partition coefficient (Wildman–Crippen LogP) is 1.65. The fourth-order valence-corrected chi connectivity index (χ4v) is 2.04. The van der Waals surface area contributed by atoms with Gasteiger partial charge in [0.1, 0.15) is 0 Å². The molecular formula is C14H24N2O. The van der Waals surface area contributed by atoms with Crippen molar-refractivity contribution in [3.63, 3.8) is 0 Å². The normalized spacial score (nSPS) is 12.9. The van der Waals surface area contributed by atoms with Crippen LogP contribution >= 0.6 is 0 Å². The second kappa shape index (κ2) is 8.23. The van der Waals surface area contributed by atoms with Gasteiger partial charge in [-0.3, -0.25) is 0 Å². The number of aliphatic hydroxyl groups is 1. The Morgan fingerprint density at radius 1 is 1.24 bits per heavy atom. The molecule has 0 aliphatic rings. The second-order valence-corrected chi connectivity index (χ2v) is 4.20. The molecule has 1 atom stereocenters. The summed E-state index contributed by atoms with van der Waals surface area (Å²) in [5.74, 6) is 0. The lowest BCUT2D eigenvalue weighted by molar-refractivity contribution is 0.196. The molecule has 96 valence electrons. The van der Waals surface area contributed by atoms with E-state index in [0.717, 1.165) is 26.1 Å². The Balaban J connectivity index is 2.47. The minimum absolute atomic E-state index is 0.239. The van der Waals surface area contributed by atoms with E-state index in [2.05, 4.69) is 41.4 Å². The van der Waals surface area contributed by atoms with Gasteiger partial charge in [0, 0.05) is 19.1 Å². The molecule has 0 bridgehead atoms. The molecular weight excluding hydrogens is 212 g/mol. The van der Waals surface area contributed by atoms with Gasteiger partial charge >= 0.3 is 0 Å². The average molecular weight is 236 g/mol. The summed E-state index contributed by atoms with van der Waals surface area (Å²) in [6, 6.07) is 10.9. The zero-order chi connectivity index (χ0) is 12.5. The van der Waals surface area contributed by atoms with Crippen LogP contribution in [0.3, 0.4) is 0 Å². The van der Waals surface area contributed by atoms with Gasteiger partial charge in [-0.2, -0.15) is 0 Å². The van der Waals surface area contributed by atoms with Crippen molar-refractivity contribution in [2.75, 3.05) is 33.3 Å². The van der Waals surface area contributed by atoms with E-state index in [4.69, 9.17) is 5.11 Å². The summed E-state index contributed by atoms with van der Waals surface area (Å²) in [4.78, 5) is 2.27. The zero-order valence-corrected chi connectivity index (χ0v) is 10.9. The van der Waals surface area contributed by atoms with Gasteiger partial charge in [-0.05, 0) is 25.6 Å². The minimum atomic E-state index is 0.239. The van der Waals surface area contributed by atoms with Crippen LogP contribution in [0.2, 0.25) is 0 Å². The number of aliphatic hydroxyl groups excluding tert-OH is 1. The van der Waals surface area contributed by atoms with Crippen LogP contribution in [-0.4, -0.2) is 43.3 Å². The highest BCUT2D eigenvalue weighted by Gasteiger charge is 2.10. The number of hydrogen-bond donors (Lipinski definition) is 2. The van der Waals surface area contributed by atoms with Crippen molar-refractivity contribution in [3.05, 3.63) is 35.9 Å². The topological polar surface area (TPSA) is 35.5 Å². The summed E-state index contributed by atoms with van der Waals surface area (Å²) in [5.41, 5.74) is 1.33. The Hall–Kier alpha value is -0.900. The van der Waals surface area contributed by atoms with Gasteiger partial charge < -0.3 is 15.3 Å². The van der Waals surface area contributed by atoms with Crippen LogP contribution in [0, 0.1) is 0 Å². The van der Waals surface area contributed by atoms with Gasteiger partial charge in [0.05, 0.1) is 6.61 Å². The molecule has 3 heteroatoms. The highest BCUT2D eigenvalue weighted by Crippen LogP contribution is 2.16. The summed E-state index contributed by atoms with van der Waals surface area (Å²) in [6.07, 6.45) is 1.06. The van der Waals surface area contributed by atoms with E-state index in [9.17, 15) is 0 Å².